The average molecular weight is 228 g/mol. The second-order valence-electron chi connectivity index (χ2n) is 3.40. The maximum atomic E-state index is 6.05. The first kappa shape index (κ1) is 10.0. The molecule has 1 fully saturated rings. The van der Waals surface area contributed by atoms with Crippen LogP contribution in [0.1, 0.15) is 12.0 Å². The van der Waals surface area contributed by atoms with Gasteiger partial charge in [-0.25, -0.2) is 0 Å². The number of rotatable bonds is 1. The first-order valence-electron chi connectivity index (χ1n) is 4.61. The summed E-state index contributed by atoms with van der Waals surface area (Å²) in [5.41, 5.74) is 2.40. The fraction of sp³-hybridized carbons (Fsp3) is 0.273. The summed E-state index contributed by atoms with van der Waals surface area (Å²) in [6.07, 6.45) is 3.22. The maximum Gasteiger partial charge on any atom is 0.0479 e. The van der Waals surface area contributed by atoms with E-state index in [4.69, 9.17) is 23.2 Å². The fourth-order valence-electron chi connectivity index (χ4n) is 1.55. The van der Waals surface area contributed by atoms with Gasteiger partial charge >= 0.3 is 0 Å². The molecule has 1 aliphatic rings. The molecule has 1 aliphatic heterocycles. The Morgan fingerprint density at radius 3 is 2.86 bits per heavy atom. The molecular formula is C11H11Cl2N. The Bertz CT molecular complexity index is 364. The van der Waals surface area contributed by atoms with E-state index in [1.807, 2.05) is 12.1 Å². The van der Waals surface area contributed by atoms with E-state index in [9.17, 15) is 0 Å². The van der Waals surface area contributed by atoms with E-state index in [-0.39, 0.29) is 0 Å². The van der Waals surface area contributed by atoms with Crippen LogP contribution < -0.4 is 5.32 Å². The molecule has 0 aromatic heterocycles. The monoisotopic (exact) mass is 227 g/mol. The molecule has 0 amide bonds. The van der Waals surface area contributed by atoms with Crippen LogP contribution in [0.2, 0.25) is 10.0 Å². The van der Waals surface area contributed by atoms with Gasteiger partial charge in [0.1, 0.15) is 0 Å². The van der Waals surface area contributed by atoms with E-state index < -0.39 is 0 Å². The van der Waals surface area contributed by atoms with Crippen molar-refractivity contribution in [3.05, 3.63) is 39.4 Å². The van der Waals surface area contributed by atoms with Gasteiger partial charge in [-0.2, -0.15) is 0 Å². The molecule has 1 N–H and O–H groups in total. The molecule has 0 atom stereocenters. The molecule has 1 aromatic rings. The Hall–Kier alpha value is -0.500. The van der Waals surface area contributed by atoms with Crippen molar-refractivity contribution in [2.75, 3.05) is 13.1 Å². The minimum atomic E-state index is 0.729. The normalized spacial score (nSPS) is 19.1. The Morgan fingerprint density at radius 2 is 2.14 bits per heavy atom. The van der Waals surface area contributed by atoms with E-state index in [0.717, 1.165) is 35.1 Å². The molecule has 0 saturated carbocycles. The van der Waals surface area contributed by atoms with E-state index >= 15 is 0 Å². The Balaban J connectivity index is 2.31. The van der Waals surface area contributed by atoms with Gasteiger partial charge in [0.05, 0.1) is 0 Å². The smallest absolute Gasteiger partial charge is 0.0479 e. The van der Waals surface area contributed by atoms with Crippen LogP contribution in [0.3, 0.4) is 0 Å². The predicted octanol–water partition coefficient (Wildman–Crippen LogP) is 3.37. The molecule has 0 spiro atoms. The summed E-state index contributed by atoms with van der Waals surface area (Å²) in [5, 5.41) is 4.77. The van der Waals surface area contributed by atoms with E-state index in [0.29, 0.717) is 0 Å². The standard InChI is InChI=1S/C11H11Cl2N/c12-10-1-2-11(13)9(6-10)5-8-3-4-14-7-8/h1-2,5-6,14H,3-4,7H2. The largest absolute Gasteiger partial charge is 0.313 e. The van der Waals surface area contributed by atoms with E-state index in [2.05, 4.69) is 11.4 Å². The predicted molar refractivity (Wildman–Crippen MR) is 61.9 cm³/mol. The van der Waals surface area contributed by atoms with Crippen LogP contribution in [0.15, 0.2) is 23.8 Å². The van der Waals surface area contributed by atoms with Gasteiger partial charge in [0, 0.05) is 16.6 Å². The van der Waals surface area contributed by atoms with Crippen LogP contribution in [-0.2, 0) is 0 Å². The second-order valence-corrected chi connectivity index (χ2v) is 4.24. The van der Waals surface area contributed by atoms with Crippen LogP contribution >= 0.6 is 23.2 Å². The summed E-state index contributed by atoms with van der Waals surface area (Å²) in [6.45, 7) is 2.02. The highest BCUT2D eigenvalue weighted by Crippen LogP contribution is 2.24. The minimum absolute atomic E-state index is 0.729. The van der Waals surface area contributed by atoms with Gasteiger partial charge in [0.15, 0.2) is 0 Å². The van der Waals surface area contributed by atoms with Crippen molar-refractivity contribution in [1.82, 2.24) is 5.32 Å². The van der Waals surface area contributed by atoms with Crippen molar-refractivity contribution < 1.29 is 0 Å². The SMILES string of the molecule is Clc1ccc(Cl)c(C=C2CCNC2)c1. The van der Waals surface area contributed by atoms with Crippen LogP contribution in [0.25, 0.3) is 6.08 Å². The van der Waals surface area contributed by atoms with Crippen molar-refractivity contribution in [1.29, 1.82) is 0 Å². The number of hydrogen-bond donors (Lipinski definition) is 1. The topological polar surface area (TPSA) is 12.0 Å². The number of hydrogen-bond acceptors (Lipinski definition) is 1. The van der Waals surface area contributed by atoms with Gasteiger partial charge in [-0.3, -0.25) is 0 Å². The van der Waals surface area contributed by atoms with Crippen molar-refractivity contribution >= 4 is 29.3 Å². The Labute approximate surface area is 93.7 Å². The van der Waals surface area contributed by atoms with Gasteiger partial charge in [-0.05, 0) is 36.7 Å². The molecule has 0 radical (unpaired) electrons. The lowest BCUT2D eigenvalue weighted by Gasteiger charge is -2.00. The Morgan fingerprint density at radius 1 is 1.29 bits per heavy atom. The zero-order valence-electron chi connectivity index (χ0n) is 7.69. The van der Waals surface area contributed by atoms with Gasteiger partial charge in [-0.15, -0.1) is 0 Å². The van der Waals surface area contributed by atoms with Crippen LogP contribution in [0, 0.1) is 0 Å². The third kappa shape index (κ3) is 2.30. The van der Waals surface area contributed by atoms with Gasteiger partial charge in [0.25, 0.3) is 0 Å². The van der Waals surface area contributed by atoms with Crippen molar-refractivity contribution in [3.8, 4) is 0 Å². The number of halogens is 2. The summed E-state index contributed by atoms with van der Waals surface area (Å²) >= 11 is 11.9. The summed E-state index contributed by atoms with van der Waals surface area (Å²) in [5.74, 6) is 0. The summed E-state index contributed by atoms with van der Waals surface area (Å²) in [4.78, 5) is 0. The molecule has 1 nitrogen and oxygen atoms in total. The second kappa shape index (κ2) is 4.35. The first-order valence-corrected chi connectivity index (χ1v) is 5.36. The molecule has 1 saturated heterocycles. The molecule has 3 heteroatoms. The summed E-state index contributed by atoms with van der Waals surface area (Å²) < 4.78 is 0. The van der Waals surface area contributed by atoms with Crippen LogP contribution in [0.4, 0.5) is 0 Å². The molecule has 0 unspecified atom stereocenters. The van der Waals surface area contributed by atoms with E-state index in [1.165, 1.54) is 5.57 Å². The lowest BCUT2D eigenvalue weighted by atomic mass is 10.1. The minimum Gasteiger partial charge on any atom is -0.313 e. The highest BCUT2D eigenvalue weighted by molar-refractivity contribution is 6.34. The molecule has 1 aromatic carbocycles. The number of nitrogens with one attached hydrogen (secondary N) is 1. The molecule has 1 heterocycles. The first-order chi connectivity index (χ1) is 6.75. The van der Waals surface area contributed by atoms with Crippen LogP contribution in [-0.4, -0.2) is 13.1 Å². The number of benzene rings is 1. The molecule has 0 bridgehead atoms. The molecule has 0 aliphatic carbocycles. The van der Waals surface area contributed by atoms with Crippen molar-refractivity contribution in [2.24, 2.45) is 0 Å². The lowest BCUT2D eigenvalue weighted by molar-refractivity contribution is 0.862. The summed E-state index contributed by atoms with van der Waals surface area (Å²) in [7, 11) is 0. The highest BCUT2D eigenvalue weighted by atomic mass is 35.5. The molecule has 2 rings (SSSR count). The summed E-state index contributed by atoms with van der Waals surface area (Å²) in [6, 6.07) is 5.53. The average Bonchev–Trinajstić information content (AvgIpc) is 2.64. The maximum absolute atomic E-state index is 6.05. The Kier molecular flexibility index (Phi) is 3.12. The third-order valence-electron chi connectivity index (χ3n) is 2.29. The van der Waals surface area contributed by atoms with Gasteiger partial charge in [-0.1, -0.05) is 34.9 Å². The lowest BCUT2D eigenvalue weighted by Crippen LogP contribution is -2.04. The zero-order chi connectivity index (χ0) is 9.97. The third-order valence-corrected chi connectivity index (χ3v) is 2.87. The quantitative estimate of drug-likeness (QED) is 0.776. The van der Waals surface area contributed by atoms with E-state index in [1.54, 1.807) is 6.07 Å². The van der Waals surface area contributed by atoms with Crippen molar-refractivity contribution in [3.63, 3.8) is 0 Å². The van der Waals surface area contributed by atoms with Crippen LogP contribution in [0.5, 0.6) is 0 Å². The molecular weight excluding hydrogens is 217 g/mol. The fourth-order valence-corrected chi connectivity index (χ4v) is 1.91. The van der Waals surface area contributed by atoms with Gasteiger partial charge < -0.3 is 5.32 Å². The molecule has 14 heavy (non-hydrogen) atoms. The highest BCUT2D eigenvalue weighted by Gasteiger charge is 2.06. The van der Waals surface area contributed by atoms with Gasteiger partial charge in [0.2, 0.25) is 0 Å². The molecule has 74 valence electrons. The zero-order valence-corrected chi connectivity index (χ0v) is 9.20. The van der Waals surface area contributed by atoms with Crippen molar-refractivity contribution in [2.45, 2.75) is 6.42 Å².